The molecule has 0 aliphatic rings. The van der Waals surface area contributed by atoms with Gasteiger partial charge in [-0.1, -0.05) is 12.1 Å². The molecular formula is C20H14N4O2S. The second-order valence-corrected chi connectivity index (χ2v) is 6.12. The van der Waals surface area contributed by atoms with Crippen molar-refractivity contribution in [2.75, 3.05) is 5.32 Å². The zero-order valence-corrected chi connectivity index (χ0v) is 14.9. The number of pyridine rings is 1. The van der Waals surface area contributed by atoms with Crippen LogP contribution < -0.4 is 10.6 Å². The zero-order chi connectivity index (χ0) is 18.6. The highest BCUT2D eigenvalue weighted by Gasteiger charge is 2.09. The Hall–Kier alpha value is -3.58. The molecule has 0 spiro atoms. The van der Waals surface area contributed by atoms with Crippen LogP contribution in [0.25, 0.3) is 22.6 Å². The van der Waals surface area contributed by atoms with Gasteiger partial charge in [0.1, 0.15) is 5.52 Å². The van der Waals surface area contributed by atoms with Gasteiger partial charge in [-0.2, -0.15) is 0 Å². The largest absolute Gasteiger partial charge is 0.436 e. The second-order valence-electron chi connectivity index (χ2n) is 5.71. The third-order valence-electron chi connectivity index (χ3n) is 3.83. The van der Waals surface area contributed by atoms with Crippen molar-refractivity contribution in [1.29, 1.82) is 0 Å². The molecule has 4 aromatic rings. The average Bonchev–Trinajstić information content (AvgIpc) is 3.13. The number of amides is 1. The van der Waals surface area contributed by atoms with Crippen molar-refractivity contribution in [1.82, 2.24) is 15.3 Å². The molecule has 6 nitrogen and oxygen atoms in total. The maximum absolute atomic E-state index is 12.1. The highest BCUT2D eigenvalue weighted by Crippen LogP contribution is 2.25. The van der Waals surface area contributed by atoms with E-state index in [1.165, 1.54) is 6.20 Å². The smallest absolute Gasteiger partial charge is 0.258 e. The molecule has 0 saturated heterocycles. The summed E-state index contributed by atoms with van der Waals surface area (Å²) in [4.78, 5) is 20.5. The normalized spacial score (nSPS) is 10.5. The lowest BCUT2D eigenvalue weighted by molar-refractivity contribution is 0.0977. The number of thiocarbonyl (C=S) groups is 1. The monoisotopic (exact) mass is 374 g/mol. The SMILES string of the molecule is O=C(NC(=S)Nc1ccc(-c2nc3ccccc3o2)cc1)c1cccnc1. The lowest BCUT2D eigenvalue weighted by Gasteiger charge is -2.09. The molecule has 2 aromatic heterocycles. The highest BCUT2D eigenvalue weighted by atomic mass is 32.1. The van der Waals surface area contributed by atoms with Gasteiger partial charge in [0.05, 0.1) is 5.56 Å². The number of hydrogen-bond acceptors (Lipinski definition) is 5. The van der Waals surface area contributed by atoms with Crippen LogP contribution in [0.3, 0.4) is 0 Å². The molecule has 0 aliphatic carbocycles. The average molecular weight is 374 g/mol. The van der Waals surface area contributed by atoms with E-state index in [9.17, 15) is 4.79 Å². The molecule has 7 heteroatoms. The quantitative estimate of drug-likeness (QED) is 0.527. The van der Waals surface area contributed by atoms with Gasteiger partial charge in [-0.25, -0.2) is 4.98 Å². The number of hydrogen-bond donors (Lipinski definition) is 2. The van der Waals surface area contributed by atoms with Gasteiger partial charge in [0.2, 0.25) is 5.89 Å². The predicted octanol–water partition coefficient (Wildman–Crippen LogP) is 4.02. The summed E-state index contributed by atoms with van der Waals surface area (Å²) in [5.74, 6) is 0.235. The molecule has 1 amide bonds. The van der Waals surface area contributed by atoms with Crippen LogP contribution in [0, 0.1) is 0 Å². The minimum Gasteiger partial charge on any atom is -0.436 e. The van der Waals surface area contributed by atoms with Crippen molar-refractivity contribution >= 4 is 40.0 Å². The molecule has 2 heterocycles. The molecule has 4 rings (SSSR count). The maximum Gasteiger partial charge on any atom is 0.258 e. The number of nitrogens with zero attached hydrogens (tertiary/aromatic N) is 2. The summed E-state index contributed by atoms with van der Waals surface area (Å²) in [6.45, 7) is 0. The minimum atomic E-state index is -0.316. The first kappa shape index (κ1) is 16.9. The number of aromatic nitrogens is 2. The zero-order valence-electron chi connectivity index (χ0n) is 14.0. The van der Waals surface area contributed by atoms with E-state index < -0.39 is 0 Å². The van der Waals surface area contributed by atoms with Crippen molar-refractivity contribution < 1.29 is 9.21 Å². The fourth-order valence-corrected chi connectivity index (χ4v) is 2.74. The van der Waals surface area contributed by atoms with Crippen molar-refractivity contribution in [3.8, 4) is 11.5 Å². The third kappa shape index (κ3) is 3.83. The number of nitrogens with one attached hydrogen (secondary N) is 2. The molecule has 27 heavy (non-hydrogen) atoms. The number of carbonyl (C=O) groups is 1. The van der Waals surface area contributed by atoms with E-state index in [1.54, 1.807) is 18.3 Å². The summed E-state index contributed by atoms with van der Waals surface area (Å²) in [5, 5.41) is 5.80. The van der Waals surface area contributed by atoms with Crippen molar-refractivity contribution in [2.24, 2.45) is 0 Å². The van der Waals surface area contributed by atoms with Crippen LogP contribution in [0.2, 0.25) is 0 Å². The molecular weight excluding hydrogens is 360 g/mol. The molecule has 0 aliphatic heterocycles. The van der Waals surface area contributed by atoms with Crippen molar-refractivity contribution in [3.63, 3.8) is 0 Å². The van der Waals surface area contributed by atoms with Crippen LogP contribution in [0.5, 0.6) is 0 Å². The van der Waals surface area contributed by atoms with Gasteiger partial charge in [0.15, 0.2) is 10.7 Å². The van der Waals surface area contributed by atoms with Gasteiger partial charge in [-0.3, -0.25) is 15.1 Å². The van der Waals surface area contributed by atoms with Crippen LogP contribution in [0.15, 0.2) is 77.5 Å². The van der Waals surface area contributed by atoms with Gasteiger partial charge < -0.3 is 9.73 Å². The van der Waals surface area contributed by atoms with Crippen molar-refractivity contribution in [2.45, 2.75) is 0 Å². The van der Waals surface area contributed by atoms with Gasteiger partial charge in [0.25, 0.3) is 5.91 Å². The Labute approximate surface area is 160 Å². The number of oxazole rings is 1. The standard InChI is InChI=1S/C20H14N4O2S/c25-18(14-4-3-11-21-12-14)24-20(27)22-15-9-7-13(8-10-15)19-23-16-5-1-2-6-17(16)26-19/h1-12H,(H2,22,24,25,27). The van der Waals surface area contributed by atoms with E-state index in [0.717, 1.165) is 22.4 Å². The Morgan fingerprint density at radius 1 is 1.00 bits per heavy atom. The number of fused-ring (bicyclic) bond motifs is 1. The molecule has 0 fully saturated rings. The first-order valence-corrected chi connectivity index (χ1v) is 8.58. The fraction of sp³-hybridized carbons (Fsp3) is 0. The van der Waals surface area contributed by atoms with Crippen LogP contribution in [0.4, 0.5) is 5.69 Å². The predicted molar refractivity (Wildman–Crippen MR) is 107 cm³/mol. The van der Waals surface area contributed by atoms with Crippen LogP contribution in [-0.2, 0) is 0 Å². The second kappa shape index (κ2) is 7.35. The number of carbonyl (C=O) groups excluding carboxylic acids is 1. The van der Waals surface area contributed by atoms with Crippen LogP contribution in [-0.4, -0.2) is 21.0 Å². The number of anilines is 1. The molecule has 0 unspecified atom stereocenters. The molecule has 0 atom stereocenters. The first-order chi connectivity index (χ1) is 13.2. The Morgan fingerprint density at radius 3 is 2.56 bits per heavy atom. The van der Waals surface area contributed by atoms with E-state index in [0.29, 0.717) is 11.5 Å². The fourth-order valence-electron chi connectivity index (χ4n) is 2.53. The van der Waals surface area contributed by atoms with E-state index in [-0.39, 0.29) is 11.0 Å². The molecule has 132 valence electrons. The highest BCUT2D eigenvalue weighted by molar-refractivity contribution is 7.80. The summed E-state index contributed by atoms with van der Waals surface area (Å²) in [7, 11) is 0. The van der Waals surface area contributed by atoms with Gasteiger partial charge in [0, 0.05) is 23.6 Å². The first-order valence-electron chi connectivity index (χ1n) is 8.17. The van der Waals surface area contributed by atoms with E-state index in [1.807, 2.05) is 48.5 Å². The molecule has 0 saturated carbocycles. The summed E-state index contributed by atoms with van der Waals surface area (Å²) in [6.07, 6.45) is 3.08. The molecule has 2 aromatic carbocycles. The number of para-hydroxylation sites is 2. The summed E-state index contributed by atoms with van der Waals surface area (Å²) in [5.41, 5.74) is 3.59. The Balaban J connectivity index is 1.43. The maximum atomic E-state index is 12.1. The minimum absolute atomic E-state index is 0.207. The lowest BCUT2D eigenvalue weighted by atomic mass is 10.2. The number of rotatable bonds is 3. The molecule has 0 radical (unpaired) electrons. The number of benzene rings is 2. The summed E-state index contributed by atoms with van der Waals surface area (Å²) in [6, 6.07) is 18.4. The van der Waals surface area contributed by atoms with Crippen LogP contribution in [0.1, 0.15) is 10.4 Å². The Kier molecular flexibility index (Phi) is 4.59. The van der Waals surface area contributed by atoms with Crippen molar-refractivity contribution in [3.05, 3.63) is 78.6 Å². The Morgan fingerprint density at radius 2 is 1.81 bits per heavy atom. The molecule has 0 bridgehead atoms. The summed E-state index contributed by atoms with van der Waals surface area (Å²) < 4.78 is 5.76. The van der Waals surface area contributed by atoms with E-state index in [4.69, 9.17) is 16.6 Å². The lowest BCUT2D eigenvalue weighted by Crippen LogP contribution is -2.34. The van der Waals surface area contributed by atoms with E-state index >= 15 is 0 Å². The molecule has 2 N–H and O–H groups in total. The van der Waals surface area contributed by atoms with Gasteiger partial charge >= 0.3 is 0 Å². The Bertz CT molecular complexity index is 1070. The van der Waals surface area contributed by atoms with Gasteiger partial charge in [-0.15, -0.1) is 0 Å². The topological polar surface area (TPSA) is 80.0 Å². The third-order valence-corrected chi connectivity index (χ3v) is 4.04. The van der Waals surface area contributed by atoms with Crippen LogP contribution >= 0.6 is 12.2 Å². The van der Waals surface area contributed by atoms with E-state index in [2.05, 4.69) is 20.6 Å². The summed E-state index contributed by atoms with van der Waals surface area (Å²) >= 11 is 5.19. The van der Waals surface area contributed by atoms with Gasteiger partial charge in [-0.05, 0) is 60.7 Å².